The van der Waals surface area contributed by atoms with Crippen molar-refractivity contribution in [2.45, 2.75) is 13.0 Å². The number of anilines is 1. The fourth-order valence-corrected chi connectivity index (χ4v) is 3.02. The zero-order valence-corrected chi connectivity index (χ0v) is 16.1. The van der Waals surface area contributed by atoms with Gasteiger partial charge in [-0.05, 0) is 24.6 Å². The van der Waals surface area contributed by atoms with Gasteiger partial charge in [0.2, 0.25) is 0 Å². The second-order valence-electron chi connectivity index (χ2n) is 6.45. The number of carbonyl (C=O) groups is 1. The summed E-state index contributed by atoms with van der Waals surface area (Å²) < 4.78 is 8.49. The van der Waals surface area contributed by atoms with Crippen molar-refractivity contribution in [2.24, 2.45) is 14.1 Å². The van der Waals surface area contributed by atoms with Crippen LogP contribution in [0, 0.1) is 0 Å². The number of aromatic nitrogens is 3. The maximum absolute atomic E-state index is 12.8. The third-order valence-corrected chi connectivity index (χ3v) is 4.90. The lowest BCUT2D eigenvalue weighted by Crippen LogP contribution is -2.33. The minimum atomic E-state index is -0.287. The zero-order chi connectivity index (χ0) is 19.7. The second kappa shape index (κ2) is 7.14. The molecule has 2 aromatic heterocycles. The van der Waals surface area contributed by atoms with E-state index in [1.165, 1.54) is 11.7 Å². The highest BCUT2D eigenvalue weighted by Crippen LogP contribution is 2.30. The minimum absolute atomic E-state index is 0.141. The Kier molecular flexibility index (Phi) is 4.89. The summed E-state index contributed by atoms with van der Waals surface area (Å²) >= 11 is 0. The zero-order valence-electron chi connectivity index (χ0n) is 16.1. The molecule has 142 valence electrons. The normalized spacial score (nSPS) is 12.0. The van der Waals surface area contributed by atoms with E-state index in [-0.39, 0.29) is 17.8 Å². The molecule has 0 aliphatic carbocycles. The van der Waals surface area contributed by atoms with Crippen LogP contribution in [0.15, 0.2) is 41.5 Å². The van der Waals surface area contributed by atoms with E-state index in [1.54, 1.807) is 55.1 Å². The molecule has 0 bridgehead atoms. The number of aryl methyl sites for hydroxylation is 2. The Labute approximate surface area is 157 Å². The Bertz CT molecular complexity index is 1040. The number of ether oxygens (including phenoxy) is 1. The monoisotopic (exact) mass is 369 g/mol. The standard InChI is InChI=1S/C19H23N5O3/c1-12(13-7-6-8-20-11-13)22(2)18(25)21-14-9-15-16(10-17(14)27-5)24(4)19(26)23(15)3/h6-12H,1-5H3,(H,21,25). The van der Waals surface area contributed by atoms with Crippen molar-refractivity contribution in [3.05, 3.63) is 52.7 Å². The van der Waals surface area contributed by atoms with Crippen molar-refractivity contribution in [3.8, 4) is 5.75 Å². The van der Waals surface area contributed by atoms with Crippen LogP contribution in [0.25, 0.3) is 11.0 Å². The van der Waals surface area contributed by atoms with Crippen LogP contribution in [0.5, 0.6) is 5.75 Å². The lowest BCUT2D eigenvalue weighted by atomic mass is 10.1. The Morgan fingerprint density at radius 2 is 1.93 bits per heavy atom. The molecule has 0 saturated heterocycles. The van der Waals surface area contributed by atoms with E-state index >= 15 is 0 Å². The van der Waals surface area contributed by atoms with Gasteiger partial charge in [0, 0.05) is 39.6 Å². The van der Waals surface area contributed by atoms with Gasteiger partial charge in [0.15, 0.2) is 0 Å². The van der Waals surface area contributed by atoms with E-state index in [0.717, 1.165) is 11.1 Å². The number of hydrogen-bond donors (Lipinski definition) is 1. The average Bonchev–Trinajstić information content (AvgIpc) is 2.90. The van der Waals surface area contributed by atoms with Gasteiger partial charge in [-0.3, -0.25) is 14.1 Å². The van der Waals surface area contributed by atoms with Crippen LogP contribution in [-0.4, -0.2) is 39.2 Å². The number of methoxy groups -OCH3 is 1. The first kappa shape index (κ1) is 18.5. The van der Waals surface area contributed by atoms with Crippen LogP contribution in [-0.2, 0) is 14.1 Å². The molecule has 1 atom stereocenters. The number of fused-ring (bicyclic) bond motifs is 1. The predicted octanol–water partition coefficient (Wildman–Crippen LogP) is 2.51. The highest BCUT2D eigenvalue weighted by Gasteiger charge is 2.20. The summed E-state index contributed by atoms with van der Waals surface area (Å²) in [5.41, 5.74) is 2.73. The SMILES string of the molecule is COc1cc2c(cc1NC(=O)N(C)C(C)c1cccnc1)n(C)c(=O)n2C. The average molecular weight is 369 g/mol. The summed E-state index contributed by atoms with van der Waals surface area (Å²) in [4.78, 5) is 30.6. The van der Waals surface area contributed by atoms with Crippen LogP contribution in [0.1, 0.15) is 18.5 Å². The molecule has 8 heteroatoms. The van der Waals surface area contributed by atoms with E-state index in [4.69, 9.17) is 4.74 Å². The van der Waals surface area contributed by atoms with Gasteiger partial charge in [-0.2, -0.15) is 0 Å². The van der Waals surface area contributed by atoms with E-state index in [2.05, 4.69) is 10.3 Å². The first-order valence-electron chi connectivity index (χ1n) is 8.52. The molecule has 0 aliphatic heterocycles. The lowest BCUT2D eigenvalue weighted by Gasteiger charge is -2.25. The second-order valence-corrected chi connectivity index (χ2v) is 6.45. The molecule has 0 radical (unpaired) electrons. The van der Waals surface area contributed by atoms with E-state index < -0.39 is 0 Å². The molecular formula is C19H23N5O3. The van der Waals surface area contributed by atoms with Gasteiger partial charge in [-0.15, -0.1) is 0 Å². The molecule has 1 aromatic carbocycles. The smallest absolute Gasteiger partial charge is 0.328 e. The molecule has 2 amide bonds. The third-order valence-electron chi connectivity index (χ3n) is 4.90. The Balaban J connectivity index is 1.92. The molecule has 0 spiro atoms. The van der Waals surface area contributed by atoms with Gasteiger partial charge in [-0.25, -0.2) is 9.59 Å². The number of rotatable bonds is 4. The molecule has 3 aromatic rings. The maximum atomic E-state index is 12.8. The van der Waals surface area contributed by atoms with Crippen molar-refractivity contribution < 1.29 is 9.53 Å². The molecule has 8 nitrogen and oxygen atoms in total. The number of amides is 2. The summed E-state index contributed by atoms with van der Waals surface area (Å²) in [6, 6.07) is 6.81. The first-order valence-corrected chi connectivity index (χ1v) is 8.52. The number of imidazole rings is 1. The molecule has 3 rings (SSSR count). The summed E-state index contributed by atoms with van der Waals surface area (Å²) in [6.07, 6.45) is 3.43. The van der Waals surface area contributed by atoms with E-state index in [0.29, 0.717) is 17.0 Å². The topological polar surface area (TPSA) is 81.4 Å². The quantitative estimate of drug-likeness (QED) is 0.766. The fraction of sp³-hybridized carbons (Fsp3) is 0.316. The van der Waals surface area contributed by atoms with Crippen molar-refractivity contribution in [1.29, 1.82) is 0 Å². The van der Waals surface area contributed by atoms with E-state index in [9.17, 15) is 9.59 Å². The molecular weight excluding hydrogens is 346 g/mol. The third kappa shape index (κ3) is 3.25. The Morgan fingerprint density at radius 3 is 2.52 bits per heavy atom. The van der Waals surface area contributed by atoms with Crippen molar-refractivity contribution in [3.63, 3.8) is 0 Å². The lowest BCUT2D eigenvalue weighted by molar-refractivity contribution is 0.208. The number of benzene rings is 1. The summed E-state index contributed by atoms with van der Waals surface area (Å²) in [5.74, 6) is 0.486. The van der Waals surface area contributed by atoms with Gasteiger partial charge < -0.3 is 15.0 Å². The number of hydrogen-bond acceptors (Lipinski definition) is 4. The van der Waals surface area contributed by atoms with Crippen molar-refractivity contribution in [1.82, 2.24) is 19.0 Å². The molecule has 0 aliphatic rings. The van der Waals surface area contributed by atoms with Gasteiger partial charge in [0.05, 0.1) is 29.9 Å². The van der Waals surface area contributed by atoms with Crippen LogP contribution in [0.3, 0.4) is 0 Å². The summed E-state index contributed by atoms with van der Waals surface area (Å²) in [7, 11) is 6.64. The predicted molar refractivity (Wildman–Crippen MR) is 104 cm³/mol. The van der Waals surface area contributed by atoms with Crippen LogP contribution in [0.2, 0.25) is 0 Å². The Morgan fingerprint density at radius 1 is 1.26 bits per heavy atom. The van der Waals surface area contributed by atoms with Crippen LogP contribution < -0.4 is 15.7 Å². The number of pyridine rings is 1. The van der Waals surface area contributed by atoms with Crippen molar-refractivity contribution >= 4 is 22.8 Å². The highest BCUT2D eigenvalue weighted by atomic mass is 16.5. The number of nitrogens with zero attached hydrogens (tertiary/aromatic N) is 4. The van der Waals surface area contributed by atoms with Crippen LogP contribution in [0.4, 0.5) is 10.5 Å². The summed E-state index contributed by atoms with van der Waals surface area (Å²) in [6.45, 7) is 1.93. The molecule has 0 fully saturated rings. The number of carbonyl (C=O) groups excluding carboxylic acids is 1. The molecule has 27 heavy (non-hydrogen) atoms. The van der Waals surface area contributed by atoms with E-state index in [1.807, 2.05) is 19.1 Å². The number of urea groups is 1. The van der Waals surface area contributed by atoms with Gasteiger partial charge in [0.1, 0.15) is 5.75 Å². The molecule has 1 unspecified atom stereocenters. The van der Waals surface area contributed by atoms with Crippen molar-refractivity contribution in [2.75, 3.05) is 19.5 Å². The van der Waals surface area contributed by atoms with Gasteiger partial charge in [0.25, 0.3) is 0 Å². The molecule has 0 saturated carbocycles. The number of nitrogens with one attached hydrogen (secondary N) is 1. The van der Waals surface area contributed by atoms with Crippen LogP contribution >= 0.6 is 0 Å². The maximum Gasteiger partial charge on any atom is 0.328 e. The van der Waals surface area contributed by atoms with Gasteiger partial charge in [-0.1, -0.05) is 6.07 Å². The largest absolute Gasteiger partial charge is 0.494 e. The first-order chi connectivity index (χ1) is 12.8. The van der Waals surface area contributed by atoms with Gasteiger partial charge >= 0.3 is 11.7 Å². The highest BCUT2D eigenvalue weighted by molar-refractivity contribution is 5.94. The Hall–Kier alpha value is -3.29. The fourth-order valence-electron chi connectivity index (χ4n) is 3.02. The molecule has 2 heterocycles. The molecule has 1 N–H and O–H groups in total. The minimum Gasteiger partial charge on any atom is -0.494 e. The summed E-state index contributed by atoms with van der Waals surface area (Å²) in [5, 5.41) is 2.88.